The van der Waals surface area contributed by atoms with Gasteiger partial charge in [-0.1, -0.05) is 11.6 Å². The molecule has 122 valence electrons. The van der Waals surface area contributed by atoms with Crippen molar-refractivity contribution in [2.75, 3.05) is 13.2 Å². The van der Waals surface area contributed by atoms with Crippen molar-refractivity contribution in [2.24, 2.45) is 0 Å². The third-order valence-electron chi connectivity index (χ3n) is 2.98. The molecule has 2 aromatic rings. The van der Waals surface area contributed by atoms with Crippen molar-refractivity contribution in [3.05, 3.63) is 51.2 Å². The minimum Gasteiger partial charge on any atom is -0.484 e. The van der Waals surface area contributed by atoms with E-state index < -0.39 is 4.92 Å². The summed E-state index contributed by atoms with van der Waals surface area (Å²) in [7, 11) is 0. The van der Waals surface area contributed by atoms with E-state index in [4.69, 9.17) is 16.3 Å². The molecule has 0 spiro atoms. The average molecular weight is 339 g/mol. The van der Waals surface area contributed by atoms with Crippen LogP contribution in [0.15, 0.2) is 30.3 Å². The zero-order valence-corrected chi connectivity index (χ0v) is 13.1. The van der Waals surface area contributed by atoms with Crippen LogP contribution in [0.4, 0.5) is 5.82 Å². The molecule has 9 heteroatoms. The number of hydrogen-bond acceptors (Lipinski definition) is 5. The number of nitrogens with one attached hydrogen (secondary N) is 1. The SMILES string of the molecule is Cc1cc([N+](=O)[O-])nn1CCNC(=O)COc1ccc(Cl)cc1. The molecular formula is C14H15ClN4O4. The number of nitrogens with zero attached hydrogens (tertiary/aromatic N) is 3. The van der Waals surface area contributed by atoms with E-state index in [1.807, 2.05) is 0 Å². The van der Waals surface area contributed by atoms with Crippen molar-refractivity contribution in [1.82, 2.24) is 15.1 Å². The number of carbonyl (C=O) groups excluding carboxylic acids is 1. The Hall–Kier alpha value is -2.61. The molecule has 0 saturated heterocycles. The van der Waals surface area contributed by atoms with E-state index in [0.29, 0.717) is 29.6 Å². The van der Waals surface area contributed by atoms with Gasteiger partial charge in [0.15, 0.2) is 6.61 Å². The van der Waals surface area contributed by atoms with Gasteiger partial charge in [-0.25, -0.2) is 0 Å². The van der Waals surface area contributed by atoms with Gasteiger partial charge in [0.1, 0.15) is 5.75 Å². The van der Waals surface area contributed by atoms with Gasteiger partial charge in [-0.3, -0.25) is 4.79 Å². The number of halogens is 1. The molecule has 0 aliphatic heterocycles. The fraction of sp³-hybridized carbons (Fsp3) is 0.286. The van der Waals surface area contributed by atoms with Gasteiger partial charge in [-0.15, -0.1) is 0 Å². The fourth-order valence-corrected chi connectivity index (χ4v) is 1.97. The second-order valence-electron chi connectivity index (χ2n) is 4.72. The minimum atomic E-state index is -0.554. The van der Waals surface area contributed by atoms with Crippen LogP contribution in [-0.4, -0.2) is 33.8 Å². The normalized spacial score (nSPS) is 10.3. The van der Waals surface area contributed by atoms with Gasteiger partial charge in [0.05, 0.1) is 23.4 Å². The second kappa shape index (κ2) is 7.59. The molecule has 0 unspecified atom stereocenters. The lowest BCUT2D eigenvalue weighted by molar-refractivity contribution is -0.389. The number of aromatic nitrogens is 2. The van der Waals surface area contributed by atoms with Gasteiger partial charge in [0.2, 0.25) is 0 Å². The van der Waals surface area contributed by atoms with Crippen LogP contribution in [0.25, 0.3) is 0 Å². The first-order valence-electron chi connectivity index (χ1n) is 6.79. The summed E-state index contributed by atoms with van der Waals surface area (Å²) in [6.45, 7) is 2.22. The maximum absolute atomic E-state index is 11.7. The van der Waals surface area contributed by atoms with Crippen LogP contribution in [0.5, 0.6) is 5.75 Å². The molecule has 1 aromatic carbocycles. The van der Waals surface area contributed by atoms with Gasteiger partial charge in [-0.2, -0.15) is 4.68 Å². The molecule has 1 amide bonds. The van der Waals surface area contributed by atoms with Crippen molar-refractivity contribution in [3.63, 3.8) is 0 Å². The minimum absolute atomic E-state index is 0.125. The number of rotatable bonds is 7. The summed E-state index contributed by atoms with van der Waals surface area (Å²) in [5.41, 5.74) is 0.656. The molecule has 0 aliphatic rings. The van der Waals surface area contributed by atoms with E-state index in [-0.39, 0.29) is 18.3 Å². The molecule has 8 nitrogen and oxygen atoms in total. The van der Waals surface area contributed by atoms with Crippen LogP contribution >= 0.6 is 11.6 Å². The van der Waals surface area contributed by atoms with Gasteiger partial charge in [0.25, 0.3) is 5.91 Å². The number of nitro groups is 1. The first kappa shape index (κ1) is 16.8. The Bertz CT molecular complexity index is 699. The summed E-state index contributed by atoms with van der Waals surface area (Å²) in [4.78, 5) is 21.7. The number of amides is 1. The number of benzene rings is 1. The standard InChI is InChI=1S/C14H15ClN4O4/c1-10-8-13(19(21)22)17-18(10)7-6-16-14(20)9-23-12-4-2-11(15)3-5-12/h2-5,8H,6-7,9H2,1H3,(H,16,20). The van der Waals surface area contributed by atoms with Crippen LogP contribution in [0, 0.1) is 17.0 Å². The lowest BCUT2D eigenvalue weighted by Gasteiger charge is -2.07. The van der Waals surface area contributed by atoms with E-state index in [1.54, 1.807) is 31.2 Å². The highest BCUT2D eigenvalue weighted by Crippen LogP contribution is 2.15. The Balaban J connectivity index is 1.74. The monoisotopic (exact) mass is 338 g/mol. The van der Waals surface area contributed by atoms with Crippen molar-refractivity contribution in [2.45, 2.75) is 13.5 Å². The zero-order valence-electron chi connectivity index (χ0n) is 12.4. The molecule has 0 bridgehead atoms. The van der Waals surface area contributed by atoms with E-state index in [9.17, 15) is 14.9 Å². The van der Waals surface area contributed by atoms with Gasteiger partial charge >= 0.3 is 5.82 Å². The number of aryl methyl sites for hydroxylation is 1. The molecule has 1 heterocycles. The van der Waals surface area contributed by atoms with Crippen LogP contribution < -0.4 is 10.1 Å². The molecule has 1 N–H and O–H groups in total. The van der Waals surface area contributed by atoms with E-state index in [1.165, 1.54) is 10.7 Å². The fourth-order valence-electron chi connectivity index (χ4n) is 1.84. The van der Waals surface area contributed by atoms with Crippen molar-refractivity contribution in [1.29, 1.82) is 0 Å². The van der Waals surface area contributed by atoms with Crippen LogP contribution in [0.2, 0.25) is 5.02 Å². The lowest BCUT2D eigenvalue weighted by atomic mass is 10.3. The Morgan fingerprint density at radius 3 is 2.74 bits per heavy atom. The summed E-state index contributed by atoms with van der Waals surface area (Å²) in [6.07, 6.45) is 0. The van der Waals surface area contributed by atoms with Gasteiger partial charge in [0, 0.05) is 11.6 Å². The van der Waals surface area contributed by atoms with Crippen LogP contribution in [0.1, 0.15) is 5.69 Å². The molecular weight excluding hydrogens is 324 g/mol. The maximum Gasteiger partial charge on any atom is 0.390 e. The van der Waals surface area contributed by atoms with E-state index >= 15 is 0 Å². The molecule has 23 heavy (non-hydrogen) atoms. The maximum atomic E-state index is 11.7. The first-order valence-corrected chi connectivity index (χ1v) is 7.17. The smallest absolute Gasteiger partial charge is 0.390 e. The summed E-state index contributed by atoms with van der Waals surface area (Å²) in [6, 6.07) is 8.06. The third kappa shape index (κ3) is 4.96. The van der Waals surface area contributed by atoms with E-state index in [0.717, 1.165) is 0 Å². The Morgan fingerprint density at radius 1 is 1.43 bits per heavy atom. The number of ether oxygens (including phenoxy) is 1. The summed E-state index contributed by atoms with van der Waals surface area (Å²) >= 11 is 5.75. The molecule has 0 radical (unpaired) electrons. The molecule has 0 fully saturated rings. The lowest BCUT2D eigenvalue weighted by Crippen LogP contribution is -2.31. The highest BCUT2D eigenvalue weighted by Gasteiger charge is 2.15. The van der Waals surface area contributed by atoms with Crippen LogP contribution in [-0.2, 0) is 11.3 Å². The largest absolute Gasteiger partial charge is 0.484 e. The Kier molecular flexibility index (Phi) is 5.53. The molecule has 0 atom stereocenters. The highest BCUT2D eigenvalue weighted by molar-refractivity contribution is 6.30. The van der Waals surface area contributed by atoms with Crippen molar-refractivity contribution >= 4 is 23.3 Å². The quantitative estimate of drug-likeness (QED) is 0.614. The molecule has 1 aromatic heterocycles. The second-order valence-corrected chi connectivity index (χ2v) is 5.15. The Labute approximate surface area is 137 Å². The summed E-state index contributed by atoms with van der Waals surface area (Å²) in [5, 5.41) is 17.7. The molecule has 0 aliphatic carbocycles. The molecule has 2 rings (SSSR count). The third-order valence-corrected chi connectivity index (χ3v) is 3.24. The van der Waals surface area contributed by atoms with Crippen LogP contribution in [0.3, 0.4) is 0 Å². The van der Waals surface area contributed by atoms with Gasteiger partial charge in [-0.05, 0) is 36.1 Å². The highest BCUT2D eigenvalue weighted by atomic mass is 35.5. The predicted molar refractivity (Wildman–Crippen MR) is 83.6 cm³/mol. The average Bonchev–Trinajstić information content (AvgIpc) is 2.88. The van der Waals surface area contributed by atoms with Crippen molar-refractivity contribution in [3.8, 4) is 5.75 Å². The summed E-state index contributed by atoms with van der Waals surface area (Å²) in [5.74, 6) is 0.0438. The zero-order chi connectivity index (χ0) is 16.8. The first-order chi connectivity index (χ1) is 11.0. The van der Waals surface area contributed by atoms with Gasteiger partial charge < -0.3 is 20.2 Å². The molecule has 0 saturated carbocycles. The van der Waals surface area contributed by atoms with Crippen molar-refractivity contribution < 1.29 is 14.5 Å². The number of hydrogen-bond donors (Lipinski definition) is 1. The Morgan fingerprint density at radius 2 is 2.13 bits per heavy atom. The summed E-state index contributed by atoms with van der Waals surface area (Å²) < 4.78 is 6.77. The topological polar surface area (TPSA) is 99.3 Å². The van der Waals surface area contributed by atoms with E-state index in [2.05, 4.69) is 10.4 Å². The predicted octanol–water partition coefficient (Wildman–Crippen LogP) is 1.95. The number of carbonyl (C=O) groups is 1.